The van der Waals surface area contributed by atoms with E-state index in [2.05, 4.69) is 24.8 Å². The molecule has 1 atom stereocenters. The van der Waals surface area contributed by atoms with Gasteiger partial charge in [-0.05, 0) is 41.9 Å². The molecule has 0 N–H and O–H groups in total. The van der Waals surface area contributed by atoms with Gasteiger partial charge in [0, 0.05) is 5.56 Å². The van der Waals surface area contributed by atoms with Gasteiger partial charge in [0.2, 0.25) is 0 Å². The normalized spacial score (nSPS) is 21.7. The van der Waals surface area contributed by atoms with Crippen LogP contribution in [0.15, 0.2) is 6.07 Å². The molecule has 0 saturated heterocycles. The third-order valence-electron chi connectivity index (χ3n) is 4.21. The highest BCUT2D eigenvalue weighted by Crippen LogP contribution is 2.44. The first-order valence-electron chi connectivity index (χ1n) is 6.92. The molecule has 0 radical (unpaired) electrons. The number of ether oxygens (including phenoxy) is 1. The summed E-state index contributed by atoms with van der Waals surface area (Å²) in [6, 6.07) is 2.07. The largest absolute Gasteiger partial charge is 0.452 e. The predicted octanol–water partition coefficient (Wildman–Crippen LogP) is 2.54. The van der Waals surface area contributed by atoms with Crippen LogP contribution in [-0.2, 0) is 22.4 Å². The number of hydrogen-bond donors (Lipinski definition) is 0. The maximum Gasteiger partial charge on any atom is 0.339 e. The Kier molecular flexibility index (Phi) is 2.93. The summed E-state index contributed by atoms with van der Waals surface area (Å²) in [4.78, 5) is 26.9. The van der Waals surface area contributed by atoms with Crippen molar-refractivity contribution >= 4 is 5.97 Å². The molecule has 112 valence electrons. The van der Waals surface area contributed by atoms with Gasteiger partial charge in [-0.1, -0.05) is 19.9 Å². The quantitative estimate of drug-likeness (QED) is 0.486. The van der Waals surface area contributed by atoms with Gasteiger partial charge >= 0.3 is 5.97 Å². The molecule has 0 bridgehead atoms. The Morgan fingerprint density at radius 2 is 2.19 bits per heavy atom. The molecule has 6 heteroatoms. The Morgan fingerprint density at radius 3 is 2.86 bits per heavy atom. The zero-order valence-corrected chi connectivity index (χ0v) is 12.3. The van der Waals surface area contributed by atoms with Gasteiger partial charge in [0.15, 0.2) is 6.10 Å². The number of fused-ring (bicyclic) bond motifs is 3. The summed E-state index contributed by atoms with van der Waals surface area (Å²) in [6.07, 6.45) is 1.06. The first kappa shape index (κ1) is 13.9. The van der Waals surface area contributed by atoms with Crippen LogP contribution in [0, 0.1) is 22.5 Å². The molecule has 1 aliphatic carbocycles. The molecule has 0 amide bonds. The van der Waals surface area contributed by atoms with Crippen molar-refractivity contribution in [3.05, 3.63) is 44.0 Å². The number of rotatable bonds is 3. The zero-order chi connectivity index (χ0) is 15.4. The first-order valence-corrected chi connectivity index (χ1v) is 6.92. The van der Waals surface area contributed by atoms with Crippen LogP contribution >= 0.6 is 0 Å². The van der Waals surface area contributed by atoms with Crippen molar-refractivity contribution in [1.82, 2.24) is 0 Å². The summed E-state index contributed by atoms with van der Waals surface area (Å²) in [5.41, 5.74) is 4.63. The Bertz CT molecular complexity index is 650. The lowest BCUT2D eigenvalue weighted by Gasteiger charge is -2.14. The summed E-state index contributed by atoms with van der Waals surface area (Å²) < 4.78 is 5.29. The fraction of sp³-hybridized carbons (Fsp3) is 0.533. The summed E-state index contributed by atoms with van der Waals surface area (Å²) >= 11 is 0. The van der Waals surface area contributed by atoms with Gasteiger partial charge < -0.3 is 9.57 Å². The lowest BCUT2D eigenvalue weighted by atomic mass is 9.89. The standard InChI is InChI=1S/C15H17NO5/c1-8-4-9-5-15(2,3)6-10(9)13-12(8)11(21-14(13)17)7-20-16(18)19/h4,11H,5-7H2,1-3H3. The van der Waals surface area contributed by atoms with Gasteiger partial charge in [-0.3, -0.25) is 0 Å². The molecule has 1 heterocycles. The van der Waals surface area contributed by atoms with Crippen molar-refractivity contribution in [2.45, 2.75) is 39.7 Å². The number of aryl methyl sites for hydroxylation is 1. The van der Waals surface area contributed by atoms with Gasteiger partial charge in [-0.15, -0.1) is 10.1 Å². The summed E-state index contributed by atoms with van der Waals surface area (Å²) in [5, 5.41) is 9.49. The lowest BCUT2D eigenvalue weighted by molar-refractivity contribution is -0.759. The van der Waals surface area contributed by atoms with Crippen LogP contribution < -0.4 is 0 Å². The molecule has 1 aromatic rings. The second-order valence-electron chi connectivity index (χ2n) is 6.55. The van der Waals surface area contributed by atoms with E-state index in [1.165, 1.54) is 5.56 Å². The lowest BCUT2D eigenvalue weighted by Crippen LogP contribution is -2.12. The van der Waals surface area contributed by atoms with Crippen molar-refractivity contribution < 1.29 is 19.5 Å². The average molecular weight is 291 g/mol. The molecule has 3 rings (SSSR count). The Morgan fingerprint density at radius 1 is 1.48 bits per heavy atom. The monoisotopic (exact) mass is 291 g/mol. The Balaban J connectivity index is 2.04. The van der Waals surface area contributed by atoms with Crippen LogP contribution in [0.5, 0.6) is 0 Å². The first-order chi connectivity index (χ1) is 9.78. The SMILES string of the molecule is Cc1cc2c(c3c1C(CO[N+](=O)[O-])OC3=O)CC(C)(C)C2. The van der Waals surface area contributed by atoms with Gasteiger partial charge in [0.25, 0.3) is 5.09 Å². The molecule has 0 aromatic heterocycles. The van der Waals surface area contributed by atoms with E-state index >= 15 is 0 Å². The minimum Gasteiger partial charge on any atom is -0.452 e. The maximum atomic E-state index is 12.2. The van der Waals surface area contributed by atoms with Crippen LogP contribution in [0.3, 0.4) is 0 Å². The number of benzene rings is 1. The van der Waals surface area contributed by atoms with E-state index < -0.39 is 11.2 Å². The molecule has 1 unspecified atom stereocenters. The van der Waals surface area contributed by atoms with Crippen LogP contribution in [0.25, 0.3) is 0 Å². The number of carbonyl (C=O) groups excluding carboxylic acids is 1. The molecule has 0 spiro atoms. The van der Waals surface area contributed by atoms with E-state index in [4.69, 9.17) is 4.74 Å². The van der Waals surface area contributed by atoms with Crippen molar-refractivity contribution in [3.63, 3.8) is 0 Å². The molecular formula is C15H17NO5. The third kappa shape index (κ3) is 2.24. The van der Waals surface area contributed by atoms with E-state index in [9.17, 15) is 14.9 Å². The van der Waals surface area contributed by atoms with Gasteiger partial charge in [0.1, 0.15) is 6.61 Å². The molecular weight excluding hydrogens is 274 g/mol. The van der Waals surface area contributed by atoms with E-state index in [1.54, 1.807) is 0 Å². The second kappa shape index (κ2) is 4.44. The Labute approximate surface area is 122 Å². The highest BCUT2D eigenvalue weighted by Gasteiger charge is 2.40. The maximum absolute atomic E-state index is 12.2. The topological polar surface area (TPSA) is 78.7 Å². The van der Waals surface area contributed by atoms with Crippen molar-refractivity contribution in [2.24, 2.45) is 5.41 Å². The molecule has 1 aromatic carbocycles. The fourth-order valence-corrected chi connectivity index (χ4v) is 3.50. The molecule has 0 saturated carbocycles. The van der Waals surface area contributed by atoms with Crippen molar-refractivity contribution in [1.29, 1.82) is 0 Å². The molecule has 2 aliphatic rings. The van der Waals surface area contributed by atoms with E-state index in [0.29, 0.717) is 5.56 Å². The average Bonchev–Trinajstić information content (AvgIpc) is 2.83. The number of nitrogens with zero attached hydrogens (tertiary/aromatic N) is 1. The van der Waals surface area contributed by atoms with Crippen LogP contribution in [0.2, 0.25) is 0 Å². The number of carbonyl (C=O) groups is 1. The predicted molar refractivity (Wildman–Crippen MR) is 73.5 cm³/mol. The molecule has 6 nitrogen and oxygen atoms in total. The number of cyclic esters (lactones) is 1. The van der Waals surface area contributed by atoms with Gasteiger partial charge in [0.05, 0.1) is 5.56 Å². The second-order valence-corrected chi connectivity index (χ2v) is 6.55. The Hall–Kier alpha value is -2.11. The summed E-state index contributed by atoms with van der Waals surface area (Å²) in [7, 11) is 0. The van der Waals surface area contributed by atoms with Crippen LogP contribution in [0.1, 0.15) is 52.6 Å². The fourth-order valence-electron chi connectivity index (χ4n) is 3.50. The van der Waals surface area contributed by atoms with Crippen molar-refractivity contribution in [2.75, 3.05) is 6.61 Å². The number of esters is 1. The highest BCUT2D eigenvalue weighted by molar-refractivity contribution is 5.97. The van der Waals surface area contributed by atoms with Gasteiger partial charge in [-0.2, -0.15) is 0 Å². The molecule has 1 aliphatic heterocycles. The van der Waals surface area contributed by atoms with Crippen LogP contribution in [-0.4, -0.2) is 17.7 Å². The highest BCUT2D eigenvalue weighted by atomic mass is 17.0. The molecule has 0 fully saturated rings. The van der Waals surface area contributed by atoms with E-state index in [0.717, 1.165) is 29.5 Å². The molecule has 21 heavy (non-hydrogen) atoms. The minimum absolute atomic E-state index is 0.125. The van der Waals surface area contributed by atoms with E-state index in [-0.39, 0.29) is 18.0 Å². The van der Waals surface area contributed by atoms with Gasteiger partial charge in [-0.25, -0.2) is 4.79 Å². The minimum atomic E-state index is -0.863. The van der Waals surface area contributed by atoms with Crippen molar-refractivity contribution in [3.8, 4) is 0 Å². The summed E-state index contributed by atoms with van der Waals surface area (Å²) in [5.74, 6) is -0.389. The number of hydrogen-bond acceptors (Lipinski definition) is 5. The smallest absolute Gasteiger partial charge is 0.339 e. The third-order valence-corrected chi connectivity index (χ3v) is 4.21. The summed E-state index contributed by atoms with van der Waals surface area (Å²) in [6.45, 7) is 5.99. The van der Waals surface area contributed by atoms with Crippen LogP contribution in [0.4, 0.5) is 0 Å². The zero-order valence-electron chi connectivity index (χ0n) is 12.3. The van der Waals surface area contributed by atoms with E-state index in [1.807, 2.05) is 6.92 Å².